The summed E-state index contributed by atoms with van der Waals surface area (Å²) in [5, 5.41) is 3.45. The summed E-state index contributed by atoms with van der Waals surface area (Å²) >= 11 is 5.91. The summed E-state index contributed by atoms with van der Waals surface area (Å²) in [7, 11) is 1.98. The Morgan fingerprint density at radius 2 is 2.09 bits per heavy atom. The Kier molecular flexibility index (Phi) is 3.86. The molecule has 0 atom stereocenters. The van der Waals surface area contributed by atoms with Crippen LogP contribution >= 0.6 is 11.6 Å². The van der Waals surface area contributed by atoms with Gasteiger partial charge in [-0.3, -0.25) is 4.79 Å². The van der Waals surface area contributed by atoms with Gasteiger partial charge in [-0.2, -0.15) is 0 Å². The van der Waals surface area contributed by atoms with Gasteiger partial charge in [-0.1, -0.05) is 23.7 Å². The molecule has 0 saturated carbocycles. The second-order valence-electron chi connectivity index (χ2n) is 5.28. The monoisotopic (exact) mass is 313 g/mol. The lowest BCUT2D eigenvalue weighted by Crippen LogP contribution is -2.14. The van der Waals surface area contributed by atoms with Gasteiger partial charge in [0.15, 0.2) is 0 Å². The van der Waals surface area contributed by atoms with Crippen molar-refractivity contribution in [1.82, 2.24) is 9.55 Å². The molecule has 0 aliphatic heterocycles. The van der Waals surface area contributed by atoms with Gasteiger partial charge >= 0.3 is 0 Å². The fraction of sp³-hybridized carbons (Fsp3) is 0.176. The minimum Gasteiger partial charge on any atom is -0.331 e. The highest BCUT2D eigenvalue weighted by Crippen LogP contribution is 2.18. The van der Waals surface area contributed by atoms with Gasteiger partial charge in [-0.15, -0.1) is 0 Å². The first-order chi connectivity index (χ1) is 10.5. The van der Waals surface area contributed by atoms with Crippen LogP contribution in [0.5, 0.6) is 0 Å². The molecule has 22 heavy (non-hydrogen) atoms. The van der Waals surface area contributed by atoms with E-state index in [1.54, 1.807) is 18.2 Å². The molecule has 0 aliphatic rings. The number of hydrogen-bond donors (Lipinski definition) is 1. The zero-order valence-corrected chi connectivity index (χ0v) is 13.2. The van der Waals surface area contributed by atoms with Gasteiger partial charge in [-0.05, 0) is 42.8 Å². The van der Waals surface area contributed by atoms with Crippen molar-refractivity contribution in [1.29, 1.82) is 0 Å². The number of carbonyl (C=O) groups excluding carboxylic acids is 1. The maximum atomic E-state index is 12.1. The first-order valence-corrected chi connectivity index (χ1v) is 7.38. The van der Waals surface area contributed by atoms with Crippen LogP contribution < -0.4 is 5.32 Å². The number of amides is 1. The number of aromatic nitrogens is 2. The molecule has 0 spiro atoms. The van der Waals surface area contributed by atoms with E-state index in [0.29, 0.717) is 17.1 Å². The van der Waals surface area contributed by atoms with Crippen LogP contribution in [0.15, 0.2) is 42.5 Å². The summed E-state index contributed by atoms with van der Waals surface area (Å²) in [4.78, 5) is 16.6. The van der Waals surface area contributed by atoms with Crippen LogP contribution in [0.3, 0.4) is 0 Å². The normalized spacial score (nSPS) is 10.9. The van der Waals surface area contributed by atoms with E-state index >= 15 is 0 Å². The van der Waals surface area contributed by atoms with Crippen LogP contribution in [0.1, 0.15) is 11.4 Å². The highest BCUT2D eigenvalue weighted by molar-refractivity contribution is 6.30. The van der Waals surface area contributed by atoms with Crippen LogP contribution in [0, 0.1) is 6.92 Å². The van der Waals surface area contributed by atoms with Gasteiger partial charge in [0.25, 0.3) is 0 Å². The van der Waals surface area contributed by atoms with Crippen LogP contribution in [0.25, 0.3) is 11.0 Å². The molecule has 3 rings (SSSR count). The number of carbonyl (C=O) groups is 1. The average molecular weight is 314 g/mol. The number of nitrogens with zero attached hydrogens (tertiary/aromatic N) is 2. The molecular formula is C17H16ClN3O. The van der Waals surface area contributed by atoms with Crippen LogP contribution in [-0.4, -0.2) is 15.5 Å². The fourth-order valence-electron chi connectivity index (χ4n) is 2.43. The molecule has 0 bridgehead atoms. The van der Waals surface area contributed by atoms with E-state index in [9.17, 15) is 4.79 Å². The molecule has 0 radical (unpaired) electrons. The first kappa shape index (κ1) is 14.6. The fourth-order valence-corrected chi connectivity index (χ4v) is 2.62. The molecule has 0 unspecified atom stereocenters. The Hall–Kier alpha value is -2.33. The summed E-state index contributed by atoms with van der Waals surface area (Å²) in [5.74, 6) is 0.879. The van der Waals surface area contributed by atoms with E-state index in [1.807, 2.05) is 42.8 Å². The number of imidazole rings is 1. The van der Waals surface area contributed by atoms with Crippen molar-refractivity contribution >= 4 is 34.2 Å². The number of halogens is 1. The second kappa shape index (κ2) is 5.81. The van der Waals surface area contributed by atoms with Gasteiger partial charge in [0.1, 0.15) is 5.82 Å². The summed E-state index contributed by atoms with van der Waals surface area (Å²) in [6.07, 6.45) is 0.304. The molecule has 5 heteroatoms. The van der Waals surface area contributed by atoms with Crippen molar-refractivity contribution < 1.29 is 4.79 Å². The minimum absolute atomic E-state index is 0.0748. The molecule has 1 aromatic heterocycles. The van der Waals surface area contributed by atoms with Crippen molar-refractivity contribution in [2.45, 2.75) is 13.3 Å². The molecule has 0 saturated heterocycles. The highest BCUT2D eigenvalue weighted by Gasteiger charge is 2.08. The van der Waals surface area contributed by atoms with E-state index in [1.165, 1.54) is 0 Å². The largest absolute Gasteiger partial charge is 0.331 e. The smallest absolute Gasteiger partial charge is 0.228 e. The molecule has 4 nitrogen and oxygen atoms in total. The Bertz CT molecular complexity index is 854. The number of anilines is 1. The van der Waals surface area contributed by atoms with Gasteiger partial charge in [0.2, 0.25) is 5.91 Å². The second-order valence-corrected chi connectivity index (χ2v) is 5.71. The molecule has 112 valence electrons. The number of fused-ring (bicyclic) bond motifs is 1. The zero-order valence-electron chi connectivity index (χ0n) is 12.4. The van der Waals surface area contributed by atoms with E-state index in [0.717, 1.165) is 22.4 Å². The van der Waals surface area contributed by atoms with E-state index < -0.39 is 0 Å². The Labute approximate surface area is 133 Å². The Morgan fingerprint density at radius 3 is 2.86 bits per heavy atom. The predicted molar refractivity (Wildman–Crippen MR) is 89.2 cm³/mol. The van der Waals surface area contributed by atoms with Crippen molar-refractivity contribution in [2.75, 3.05) is 5.32 Å². The standard InChI is InChI=1S/C17H16ClN3O/c1-11-19-15-8-12(6-7-16(15)21(11)2)9-17(22)20-14-5-3-4-13(18)10-14/h3-8,10H,9H2,1-2H3,(H,20,22). The predicted octanol–water partition coefficient (Wildman–Crippen LogP) is 3.72. The van der Waals surface area contributed by atoms with E-state index in [2.05, 4.69) is 10.3 Å². The van der Waals surface area contributed by atoms with Crippen molar-refractivity contribution in [2.24, 2.45) is 7.05 Å². The van der Waals surface area contributed by atoms with Crippen LogP contribution in [0.4, 0.5) is 5.69 Å². The Balaban J connectivity index is 1.76. The minimum atomic E-state index is -0.0748. The number of nitrogens with one attached hydrogen (secondary N) is 1. The van der Waals surface area contributed by atoms with Gasteiger partial charge < -0.3 is 9.88 Å². The molecule has 0 fully saturated rings. The third-order valence-electron chi connectivity index (χ3n) is 3.64. The third-order valence-corrected chi connectivity index (χ3v) is 3.88. The lowest BCUT2D eigenvalue weighted by Gasteiger charge is -2.06. The number of benzene rings is 2. The molecule has 1 amide bonds. The highest BCUT2D eigenvalue weighted by atomic mass is 35.5. The van der Waals surface area contributed by atoms with Gasteiger partial charge in [0.05, 0.1) is 17.5 Å². The summed E-state index contributed by atoms with van der Waals surface area (Å²) in [6, 6.07) is 13.0. The number of rotatable bonds is 3. The zero-order chi connectivity index (χ0) is 15.7. The third kappa shape index (κ3) is 2.97. The molecule has 0 aliphatic carbocycles. The molecule has 2 aromatic carbocycles. The lowest BCUT2D eigenvalue weighted by atomic mass is 10.1. The van der Waals surface area contributed by atoms with E-state index in [-0.39, 0.29) is 5.91 Å². The van der Waals surface area contributed by atoms with Crippen molar-refractivity contribution in [3.8, 4) is 0 Å². The lowest BCUT2D eigenvalue weighted by molar-refractivity contribution is -0.115. The van der Waals surface area contributed by atoms with Crippen molar-refractivity contribution in [3.05, 3.63) is 58.9 Å². The van der Waals surface area contributed by atoms with E-state index in [4.69, 9.17) is 11.6 Å². The maximum Gasteiger partial charge on any atom is 0.228 e. The SMILES string of the molecule is Cc1nc2cc(CC(=O)Nc3cccc(Cl)c3)ccc2n1C. The first-order valence-electron chi connectivity index (χ1n) is 7.00. The maximum absolute atomic E-state index is 12.1. The molecule has 1 heterocycles. The summed E-state index contributed by atoms with van der Waals surface area (Å²) in [5.41, 5.74) is 3.61. The van der Waals surface area contributed by atoms with Crippen molar-refractivity contribution in [3.63, 3.8) is 0 Å². The summed E-state index contributed by atoms with van der Waals surface area (Å²) < 4.78 is 2.03. The summed E-state index contributed by atoms with van der Waals surface area (Å²) in [6.45, 7) is 1.96. The van der Waals surface area contributed by atoms with Crippen LogP contribution in [-0.2, 0) is 18.3 Å². The topological polar surface area (TPSA) is 46.9 Å². The average Bonchev–Trinajstić information content (AvgIpc) is 2.73. The molecular weight excluding hydrogens is 298 g/mol. The number of hydrogen-bond acceptors (Lipinski definition) is 2. The van der Waals surface area contributed by atoms with Crippen LogP contribution in [0.2, 0.25) is 5.02 Å². The molecule has 3 aromatic rings. The van der Waals surface area contributed by atoms with Gasteiger partial charge in [-0.25, -0.2) is 4.98 Å². The molecule has 1 N–H and O–H groups in total. The quantitative estimate of drug-likeness (QED) is 0.801. The Morgan fingerprint density at radius 1 is 1.27 bits per heavy atom. The number of aryl methyl sites for hydroxylation is 2. The van der Waals surface area contributed by atoms with Gasteiger partial charge in [0, 0.05) is 17.8 Å².